The van der Waals surface area contributed by atoms with E-state index in [1.165, 1.54) is 0 Å². The summed E-state index contributed by atoms with van der Waals surface area (Å²) < 4.78 is 0.532. The number of thiophene rings is 1. The zero-order valence-corrected chi connectivity index (χ0v) is 9.86. The van der Waals surface area contributed by atoms with Crippen LogP contribution in [0.25, 0.3) is 0 Å². The second-order valence-electron chi connectivity index (χ2n) is 2.00. The molecule has 13 heavy (non-hydrogen) atoms. The van der Waals surface area contributed by atoms with Crippen molar-refractivity contribution in [1.82, 2.24) is 0 Å². The average molecular weight is 330 g/mol. The fourth-order valence-corrected chi connectivity index (χ4v) is 2.91. The molecule has 0 aliphatic carbocycles. The molecule has 0 aliphatic heterocycles. The van der Waals surface area contributed by atoms with E-state index in [1.54, 1.807) is 0 Å². The molecule has 0 fully saturated rings. The first kappa shape index (κ1) is 10.7. The van der Waals surface area contributed by atoms with Crippen molar-refractivity contribution in [2.45, 2.75) is 0 Å². The lowest BCUT2D eigenvalue weighted by Crippen LogP contribution is -1.92. The Morgan fingerprint density at radius 1 is 1.00 bits per heavy atom. The summed E-state index contributed by atoms with van der Waals surface area (Å²) in [5.41, 5.74) is 0. The molecule has 0 spiro atoms. The van der Waals surface area contributed by atoms with Gasteiger partial charge in [0, 0.05) is 0 Å². The molecule has 7 heteroatoms. The predicted octanol–water partition coefficient (Wildman–Crippen LogP) is 2.67. The van der Waals surface area contributed by atoms with Crippen LogP contribution in [0.1, 0.15) is 19.3 Å². The minimum atomic E-state index is -1.15. The van der Waals surface area contributed by atoms with E-state index < -0.39 is 11.9 Å². The Balaban J connectivity index is 3.36. The van der Waals surface area contributed by atoms with Crippen molar-refractivity contribution in [3.8, 4) is 0 Å². The summed E-state index contributed by atoms with van der Waals surface area (Å²) in [6, 6.07) is 0. The fourth-order valence-electron chi connectivity index (χ4n) is 0.666. The van der Waals surface area contributed by atoms with Crippen molar-refractivity contribution in [2.75, 3.05) is 0 Å². The van der Waals surface area contributed by atoms with E-state index >= 15 is 0 Å². The molecule has 0 aromatic carbocycles. The topological polar surface area (TPSA) is 74.6 Å². The first-order chi connectivity index (χ1) is 5.95. The molecule has 1 aromatic heterocycles. The molecule has 0 aliphatic rings. The molecule has 4 nitrogen and oxygen atoms in total. The first-order valence-corrected chi connectivity index (χ1v) is 5.29. The molecule has 0 amide bonds. The van der Waals surface area contributed by atoms with Crippen LogP contribution < -0.4 is 0 Å². The lowest BCUT2D eigenvalue weighted by molar-refractivity contribution is 0.0691. The van der Waals surface area contributed by atoms with Gasteiger partial charge in [0.1, 0.15) is 9.75 Å². The van der Waals surface area contributed by atoms with Crippen LogP contribution in [0.15, 0.2) is 8.95 Å². The fraction of sp³-hybridized carbons (Fsp3) is 0. The van der Waals surface area contributed by atoms with Crippen molar-refractivity contribution in [1.29, 1.82) is 0 Å². The molecule has 0 saturated heterocycles. The number of hydrogen-bond acceptors (Lipinski definition) is 3. The zero-order chi connectivity index (χ0) is 10.2. The van der Waals surface area contributed by atoms with Crippen LogP contribution in [0.4, 0.5) is 0 Å². The van der Waals surface area contributed by atoms with E-state index in [0.717, 1.165) is 0 Å². The summed E-state index contributed by atoms with van der Waals surface area (Å²) in [5, 5.41) is 17.3. The third-order valence-electron chi connectivity index (χ3n) is 1.18. The van der Waals surface area contributed by atoms with Crippen LogP contribution in [-0.4, -0.2) is 22.2 Å². The van der Waals surface area contributed by atoms with E-state index in [4.69, 9.17) is 10.2 Å². The molecule has 0 unspecified atom stereocenters. The van der Waals surface area contributed by atoms with Crippen LogP contribution in [0.2, 0.25) is 0 Å². The van der Waals surface area contributed by atoms with Gasteiger partial charge < -0.3 is 10.2 Å². The maximum absolute atomic E-state index is 10.6. The number of rotatable bonds is 2. The average Bonchev–Trinajstić information content (AvgIpc) is 2.29. The number of hydrogen-bond donors (Lipinski definition) is 2. The molecular formula is C6H2Br2O4S. The van der Waals surface area contributed by atoms with Gasteiger partial charge in [-0.1, -0.05) is 0 Å². The van der Waals surface area contributed by atoms with Crippen LogP contribution in [0, 0.1) is 0 Å². The van der Waals surface area contributed by atoms with Crippen molar-refractivity contribution in [3.05, 3.63) is 18.7 Å². The van der Waals surface area contributed by atoms with Crippen molar-refractivity contribution < 1.29 is 19.8 Å². The van der Waals surface area contributed by atoms with Crippen molar-refractivity contribution in [3.63, 3.8) is 0 Å². The van der Waals surface area contributed by atoms with Crippen LogP contribution in [-0.2, 0) is 0 Å². The Morgan fingerprint density at radius 3 is 1.46 bits per heavy atom. The molecular weight excluding hydrogens is 328 g/mol. The predicted molar refractivity (Wildman–Crippen MR) is 53.6 cm³/mol. The minimum absolute atomic E-state index is 0.0238. The van der Waals surface area contributed by atoms with Crippen LogP contribution >= 0.6 is 43.2 Å². The molecule has 70 valence electrons. The third-order valence-corrected chi connectivity index (χ3v) is 4.99. The summed E-state index contributed by atoms with van der Waals surface area (Å²) in [6.45, 7) is 0. The number of aromatic carboxylic acids is 2. The van der Waals surface area contributed by atoms with Gasteiger partial charge in [-0.2, -0.15) is 0 Å². The van der Waals surface area contributed by atoms with Gasteiger partial charge in [-0.25, -0.2) is 9.59 Å². The molecule has 2 N–H and O–H groups in total. The number of carboxylic acids is 2. The van der Waals surface area contributed by atoms with Gasteiger partial charge >= 0.3 is 11.9 Å². The van der Waals surface area contributed by atoms with Gasteiger partial charge in [-0.15, -0.1) is 11.3 Å². The Morgan fingerprint density at radius 2 is 1.31 bits per heavy atom. The first-order valence-electron chi connectivity index (χ1n) is 2.89. The summed E-state index contributed by atoms with van der Waals surface area (Å²) >= 11 is 6.69. The standard InChI is InChI=1S/C6H2Br2O4S/c7-1-2(8)4(6(11)12)13-3(1)5(9)10/h(H,9,10)(H,11,12). The second kappa shape index (κ2) is 3.77. The maximum Gasteiger partial charge on any atom is 0.347 e. The van der Waals surface area contributed by atoms with E-state index in [2.05, 4.69) is 31.9 Å². The summed E-state index contributed by atoms with van der Waals surface area (Å²) in [7, 11) is 0. The molecule has 0 atom stereocenters. The highest BCUT2D eigenvalue weighted by atomic mass is 79.9. The number of halogens is 2. The number of carboxylic acid groups (broad SMARTS) is 2. The summed E-state index contributed by atoms with van der Waals surface area (Å²) in [5.74, 6) is -2.30. The van der Waals surface area contributed by atoms with Crippen LogP contribution in [0.5, 0.6) is 0 Å². The van der Waals surface area contributed by atoms with Crippen LogP contribution in [0.3, 0.4) is 0 Å². The van der Waals surface area contributed by atoms with Gasteiger partial charge in [-0.05, 0) is 31.9 Å². The van der Waals surface area contributed by atoms with Gasteiger partial charge in [0.2, 0.25) is 0 Å². The van der Waals surface area contributed by atoms with Gasteiger partial charge in [0.05, 0.1) is 8.95 Å². The Hall–Kier alpha value is -0.400. The van der Waals surface area contributed by atoms with Crippen molar-refractivity contribution in [2.24, 2.45) is 0 Å². The highest BCUT2D eigenvalue weighted by Gasteiger charge is 2.22. The number of carbonyl (C=O) groups is 2. The molecule has 0 saturated carbocycles. The molecule has 1 rings (SSSR count). The highest BCUT2D eigenvalue weighted by Crippen LogP contribution is 2.37. The molecule has 0 bridgehead atoms. The maximum atomic E-state index is 10.6. The monoisotopic (exact) mass is 328 g/mol. The zero-order valence-electron chi connectivity index (χ0n) is 5.88. The van der Waals surface area contributed by atoms with E-state index in [1.807, 2.05) is 0 Å². The third kappa shape index (κ3) is 1.92. The second-order valence-corrected chi connectivity index (χ2v) is 4.61. The van der Waals surface area contributed by atoms with Gasteiger partial charge in [0.15, 0.2) is 0 Å². The Bertz CT molecular complexity index is 350. The highest BCUT2D eigenvalue weighted by molar-refractivity contribution is 9.13. The smallest absolute Gasteiger partial charge is 0.347 e. The summed E-state index contributed by atoms with van der Waals surface area (Å²) in [4.78, 5) is 21.1. The normalized spacial score (nSPS) is 10.0. The van der Waals surface area contributed by atoms with Gasteiger partial charge in [0.25, 0.3) is 0 Å². The lowest BCUT2D eigenvalue weighted by Gasteiger charge is -1.87. The molecule has 1 heterocycles. The Kier molecular flexibility index (Phi) is 3.09. The van der Waals surface area contributed by atoms with E-state index in [9.17, 15) is 9.59 Å². The quantitative estimate of drug-likeness (QED) is 0.874. The van der Waals surface area contributed by atoms with E-state index in [0.29, 0.717) is 11.3 Å². The largest absolute Gasteiger partial charge is 0.477 e. The SMILES string of the molecule is O=C(O)c1sc(C(=O)O)c(Br)c1Br. The molecule has 0 radical (unpaired) electrons. The Labute approximate surface area is 93.4 Å². The molecule has 1 aromatic rings. The van der Waals surface area contributed by atoms with Gasteiger partial charge in [-0.3, -0.25) is 0 Å². The summed E-state index contributed by atoms with van der Waals surface area (Å²) in [6.07, 6.45) is 0. The minimum Gasteiger partial charge on any atom is -0.477 e. The lowest BCUT2D eigenvalue weighted by atomic mass is 10.4. The van der Waals surface area contributed by atoms with Crippen molar-refractivity contribution >= 4 is 55.1 Å². The van der Waals surface area contributed by atoms with E-state index in [-0.39, 0.29) is 18.7 Å².